The van der Waals surface area contributed by atoms with Crippen LogP contribution < -0.4 is 15.7 Å². The van der Waals surface area contributed by atoms with Gasteiger partial charge >= 0.3 is 5.69 Å². The Morgan fingerprint density at radius 1 is 1.58 bits per heavy atom. The molecule has 1 heterocycles. The van der Waals surface area contributed by atoms with Crippen molar-refractivity contribution in [2.75, 3.05) is 12.4 Å². The Kier molecular flexibility index (Phi) is 4.02. The van der Waals surface area contributed by atoms with Crippen molar-refractivity contribution in [3.05, 3.63) is 53.2 Å². The second-order valence-electron chi connectivity index (χ2n) is 3.93. The summed E-state index contributed by atoms with van der Waals surface area (Å²) in [4.78, 5) is 14.2. The maximum atomic E-state index is 11.5. The molecule has 0 spiro atoms. The van der Waals surface area contributed by atoms with Crippen LogP contribution in [0.3, 0.4) is 0 Å². The first-order chi connectivity index (χ1) is 9.22. The number of nitrogens with zero attached hydrogens (tertiary/aromatic N) is 2. The molecule has 6 nitrogen and oxygen atoms in total. The van der Waals surface area contributed by atoms with Gasteiger partial charge in [-0.1, -0.05) is 12.1 Å². The molecule has 0 unspecified atom stereocenters. The summed E-state index contributed by atoms with van der Waals surface area (Å²) in [5.41, 5.74) is 0.667. The summed E-state index contributed by atoms with van der Waals surface area (Å²) in [5.74, 6) is 1.35. The second kappa shape index (κ2) is 5.90. The molecule has 2 N–H and O–H groups in total. The van der Waals surface area contributed by atoms with E-state index in [2.05, 4.69) is 22.0 Å². The summed E-state index contributed by atoms with van der Waals surface area (Å²) >= 11 is 0. The van der Waals surface area contributed by atoms with Crippen LogP contribution in [0.2, 0.25) is 0 Å². The molecule has 0 bridgehead atoms. The molecule has 0 radical (unpaired) electrons. The second-order valence-corrected chi connectivity index (χ2v) is 3.93. The van der Waals surface area contributed by atoms with Crippen LogP contribution in [0, 0.1) is 0 Å². The van der Waals surface area contributed by atoms with E-state index in [1.54, 1.807) is 13.2 Å². The van der Waals surface area contributed by atoms with Gasteiger partial charge in [-0.25, -0.2) is 9.48 Å². The molecule has 6 heteroatoms. The van der Waals surface area contributed by atoms with Gasteiger partial charge in [0.2, 0.25) is 0 Å². The number of methoxy groups -OCH3 is 1. The van der Waals surface area contributed by atoms with Gasteiger partial charge in [0.1, 0.15) is 11.6 Å². The first kappa shape index (κ1) is 12.9. The van der Waals surface area contributed by atoms with E-state index < -0.39 is 0 Å². The zero-order valence-electron chi connectivity index (χ0n) is 10.7. The number of allylic oxidation sites excluding steroid dienone is 1. The zero-order chi connectivity index (χ0) is 13.7. The van der Waals surface area contributed by atoms with E-state index in [4.69, 9.17) is 4.74 Å². The van der Waals surface area contributed by atoms with Crippen molar-refractivity contribution in [2.45, 2.75) is 13.1 Å². The summed E-state index contributed by atoms with van der Waals surface area (Å²) in [6, 6.07) is 7.55. The zero-order valence-corrected chi connectivity index (χ0v) is 10.7. The molecule has 0 atom stereocenters. The largest absolute Gasteiger partial charge is 0.497 e. The van der Waals surface area contributed by atoms with Crippen LogP contribution in [0.4, 0.5) is 5.69 Å². The van der Waals surface area contributed by atoms with Crippen LogP contribution in [-0.2, 0) is 13.1 Å². The molecule has 0 aliphatic heterocycles. The summed E-state index contributed by atoms with van der Waals surface area (Å²) in [5, 5.41) is 7.31. The molecule has 0 aliphatic carbocycles. The van der Waals surface area contributed by atoms with E-state index in [1.165, 1.54) is 4.68 Å². The topological polar surface area (TPSA) is 71.9 Å². The Balaban J connectivity index is 2.03. The molecule has 19 heavy (non-hydrogen) atoms. The maximum absolute atomic E-state index is 11.5. The minimum atomic E-state index is -0.234. The average Bonchev–Trinajstić information content (AvgIpc) is 2.78. The smallest absolute Gasteiger partial charge is 0.343 e. The number of aromatic nitrogens is 3. The van der Waals surface area contributed by atoms with Gasteiger partial charge < -0.3 is 10.1 Å². The Bertz CT molecular complexity index is 615. The highest BCUT2D eigenvalue weighted by molar-refractivity contribution is 5.48. The summed E-state index contributed by atoms with van der Waals surface area (Å²) in [7, 11) is 1.62. The average molecular weight is 260 g/mol. The Morgan fingerprint density at radius 3 is 3.16 bits per heavy atom. The van der Waals surface area contributed by atoms with Crippen LogP contribution in [0.1, 0.15) is 5.82 Å². The quantitative estimate of drug-likeness (QED) is 0.770. The van der Waals surface area contributed by atoms with E-state index in [0.29, 0.717) is 18.9 Å². The molecule has 0 fully saturated rings. The lowest BCUT2D eigenvalue weighted by Crippen LogP contribution is -2.16. The molecule has 2 rings (SSSR count). The van der Waals surface area contributed by atoms with Gasteiger partial charge in [-0.2, -0.15) is 5.10 Å². The Morgan fingerprint density at radius 2 is 2.42 bits per heavy atom. The predicted octanol–water partition coefficient (Wildman–Crippen LogP) is 1.38. The minimum absolute atomic E-state index is 0.234. The number of hydrogen-bond acceptors (Lipinski definition) is 4. The van der Waals surface area contributed by atoms with Crippen molar-refractivity contribution in [3.63, 3.8) is 0 Å². The third-order valence-corrected chi connectivity index (χ3v) is 2.56. The third-order valence-electron chi connectivity index (χ3n) is 2.56. The van der Waals surface area contributed by atoms with Crippen LogP contribution in [-0.4, -0.2) is 21.9 Å². The molecule has 0 aliphatic rings. The fourth-order valence-electron chi connectivity index (χ4n) is 1.65. The fourth-order valence-corrected chi connectivity index (χ4v) is 1.65. The SMILES string of the molecule is C=CCn1nc(CNc2cccc(OC)c2)[nH]c1=O. The van der Waals surface area contributed by atoms with Gasteiger partial charge in [-0.15, -0.1) is 6.58 Å². The van der Waals surface area contributed by atoms with Crippen LogP contribution >= 0.6 is 0 Å². The van der Waals surface area contributed by atoms with Gasteiger partial charge in [0, 0.05) is 11.8 Å². The highest BCUT2D eigenvalue weighted by Gasteiger charge is 2.03. The van der Waals surface area contributed by atoms with Gasteiger partial charge in [0.25, 0.3) is 0 Å². The predicted molar refractivity (Wildman–Crippen MR) is 73.4 cm³/mol. The fraction of sp³-hybridized carbons (Fsp3) is 0.231. The van der Waals surface area contributed by atoms with Crippen LogP contribution in [0.5, 0.6) is 5.75 Å². The van der Waals surface area contributed by atoms with Crippen LogP contribution in [0.25, 0.3) is 0 Å². The molecule has 100 valence electrons. The molecule has 2 aromatic rings. The van der Waals surface area contributed by atoms with E-state index in [1.807, 2.05) is 24.3 Å². The molecule has 1 aromatic heterocycles. The summed E-state index contributed by atoms with van der Waals surface area (Å²) < 4.78 is 6.46. The summed E-state index contributed by atoms with van der Waals surface area (Å²) in [6.45, 7) is 4.41. The van der Waals surface area contributed by atoms with Crippen molar-refractivity contribution in [3.8, 4) is 5.75 Å². The molecule has 0 amide bonds. The van der Waals surface area contributed by atoms with E-state index in [0.717, 1.165) is 11.4 Å². The van der Waals surface area contributed by atoms with Crippen molar-refractivity contribution >= 4 is 5.69 Å². The van der Waals surface area contributed by atoms with Gasteiger partial charge in [-0.05, 0) is 12.1 Å². The monoisotopic (exact) mass is 260 g/mol. The standard InChI is InChI=1S/C13H16N4O2/c1-3-7-17-13(18)15-12(16-17)9-14-10-5-4-6-11(8-10)19-2/h3-6,8,14H,1,7,9H2,2H3,(H,15,16,18). The van der Waals surface area contributed by atoms with Gasteiger partial charge in [0.15, 0.2) is 0 Å². The van der Waals surface area contributed by atoms with Gasteiger partial charge in [0.05, 0.1) is 20.2 Å². The van der Waals surface area contributed by atoms with E-state index >= 15 is 0 Å². The van der Waals surface area contributed by atoms with Crippen molar-refractivity contribution in [1.29, 1.82) is 0 Å². The highest BCUT2D eigenvalue weighted by Crippen LogP contribution is 2.16. The molecule has 0 saturated heterocycles. The lowest BCUT2D eigenvalue weighted by molar-refractivity contribution is 0.415. The number of benzene rings is 1. The minimum Gasteiger partial charge on any atom is -0.497 e. The van der Waals surface area contributed by atoms with Crippen molar-refractivity contribution in [1.82, 2.24) is 14.8 Å². The van der Waals surface area contributed by atoms with E-state index in [-0.39, 0.29) is 5.69 Å². The van der Waals surface area contributed by atoms with Crippen molar-refractivity contribution < 1.29 is 4.74 Å². The van der Waals surface area contributed by atoms with Crippen LogP contribution in [0.15, 0.2) is 41.7 Å². The number of anilines is 1. The first-order valence-corrected chi connectivity index (χ1v) is 5.87. The molecular formula is C13H16N4O2. The normalized spacial score (nSPS) is 10.2. The van der Waals surface area contributed by atoms with E-state index in [9.17, 15) is 4.79 Å². The summed E-state index contributed by atoms with van der Waals surface area (Å²) in [6.07, 6.45) is 1.63. The molecular weight excluding hydrogens is 244 g/mol. The number of aromatic amines is 1. The number of H-pyrrole nitrogens is 1. The Hall–Kier alpha value is -2.50. The van der Waals surface area contributed by atoms with Gasteiger partial charge in [-0.3, -0.25) is 4.98 Å². The number of hydrogen-bond donors (Lipinski definition) is 2. The molecule has 0 saturated carbocycles. The van der Waals surface area contributed by atoms with Crippen molar-refractivity contribution in [2.24, 2.45) is 0 Å². The number of rotatable bonds is 6. The number of nitrogens with one attached hydrogen (secondary N) is 2. The Labute approximate surface area is 110 Å². The lowest BCUT2D eigenvalue weighted by Gasteiger charge is -2.05. The third kappa shape index (κ3) is 3.25. The molecule has 1 aromatic carbocycles. The highest BCUT2D eigenvalue weighted by atomic mass is 16.5. The maximum Gasteiger partial charge on any atom is 0.343 e. The first-order valence-electron chi connectivity index (χ1n) is 5.87. The number of ether oxygens (including phenoxy) is 1. The lowest BCUT2D eigenvalue weighted by atomic mass is 10.3.